The molecule has 3 aromatic heterocycles. The molecule has 0 aliphatic heterocycles. The molecule has 0 atom stereocenters. The second-order valence-corrected chi connectivity index (χ2v) is 10.4. The molecule has 9 aromatic rings. The number of para-hydroxylation sites is 3. The first-order valence-electron chi connectivity index (χ1n) is 13.7. The van der Waals surface area contributed by atoms with Gasteiger partial charge >= 0.3 is 0 Å². The summed E-state index contributed by atoms with van der Waals surface area (Å²) in [5, 5.41) is 9.69. The standard InChI is InChI=1S/C37H23N3/c1-2-14-26(15-3-1)39-33-21-11-9-19-30(33)34-36-31(23-38-37(34)39)29-18-8-10-20-32(29)40(36)35-27-16-6-4-12-24(27)22-25-13-5-7-17-28(25)35/h1-23H. The molecule has 0 amide bonds. The third-order valence-electron chi connectivity index (χ3n) is 8.30. The summed E-state index contributed by atoms with van der Waals surface area (Å²) in [6.45, 7) is 0. The van der Waals surface area contributed by atoms with Crippen LogP contribution in [0.4, 0.5) is 0 Å². The number of rotatable bonds is 2. The fourth-order valence-corrected chi connectivity index (χ4v) is 6.65. The third-order valence-corrected chi connectivity index (χ3v) is 8.30. The summed E-state index contributed by atoms with van der Waals surface area (Å²) in [7, 11) is 0. The molecule has 0 aliphatic carbocycles. The van der Waals surface area contributed by atoms with E-state index in [1.165, 1.54) is 54.4 Å². The Kier molecular flexibility index (Phi) is 4.33. The predicted octanol–water partition coefficient (Wildman–Crippen LogP) is 9.58. The Balaban J connectivity index is 1.59. The molecule has 9 rings (SSSR count). The molecule has 0 aliphatic rings. The highest BCUT2D eigenvalue weighted by Gasteiger charge is 2.23. The lowest BCUT2D eigenvalue weighted by Crippen LogP contribution is -1.99. The Morgan fingerprint density at radius 1 is 0.450 bits per heavy atom. The molecule has 0 spiro atoms. The summed E-state index contributed by atoms with van der Waals surface area (Å²) in [5.41, 5.74) is 6.82. The lowest BCUT2D eigenvalue weighted by molar-refractivity contribution is 1.14. The molecule has 0 saturated carbocycles. The van der Waals surface area contributed by atoms with Gasteiger partial charge in [0.1, 0.15) is 5.65 Å². The van der Waals surface area contributed by atoms with Gasteiger partial charge in [0.2, 0.25) is 0 Å². The number of nitrogens with zero attached hydrogens (tertiary/aromatic N) is 3. The van der Waals surface area contributed by atoms with Crippen molar-refractivity contribution < 1.29 is 0 Å². The van der Waals surface area contributed by atoms with Crippen molar-refractivity contribution in [2.75, 3.05) is 0 Å². The Labute approximate surface area is 230 Å². The van der Waals surface area contributed by atoms with Crippen LogP contribution < -0.4 is 0 Å². The van der Waals surface area contributed by atoms with Gasteiger partial charge < -0.3 is 4.57 Å². The molecule has 3 heteroatoms. The van der Waals surface area contributed by atoms with Gasteiger partial charge in [-0.3, -0.25) is 4.57 Å². The van der Waals surface area contributed by atoms with E-state index in [0.717, 1.165) is 22.2 Å². The first-order valence-corrected chi connectivity index (χ1v) is 13.7. The van der Waals surface area contributed by atoms with Crippen LogP contribution in [-0.4, -0.2) is 14.1 Å². The minimum absolute atomic E-state index is 0.966. The van der Waals surface area contributed by atoms with Crippen LogP contribution in [0.5, 0.6) is 0 Å². The van der Waals surface area contributed by atoms with Gasteiger partial charge in [-0.25, -0.2) is 4.98 Å². The molecule has 0 bridgehead atoms. The second kappa shape index (κ2) is 8.05. The summed E-state index contributed by atoms with van der Waals surface area (Å²) < 4.78 is 4.80. The molecule has 0 unspecified atom stereocenters. The largest absolute Gasteiger partial charge is 0.307 e. The van der Waals surface area contributed by atoms with Crippen LogP contribution in [-0.2, 0) is 0 Å². The SMILES string of the molecule is c1ccc(-n2c3ccccc3c3c2ncc2c4ccccc4n(-c4c5ccccc5cc5ccccc45)c23)cc1. The zero-order valence-corrected chi connectivity index (χ0v) is 21.6. The van der Waals surface area contributed by atoms with Crippen molar-refractivity contribution >= 4 is 65.3 Å². The van der Waals surface area contributed by atoms with Crippen LogP contribution in [0, 0.1) is 0 Å². The summed E-state index contributed by atoms with van der Waals surface area (Å²) in [4.78, 5) is 5.15. The van der Waals surface area contributed by atoms with Crippen LogP contribution in [0.25, 0.3) is 76.7 Å². The molecule has 3 nitrogen and oxygen atoms in total. The molecular formula is C37H23N3. The number of pyridine rings is 1. The van der Waals surface area contributed by atoms with Gasteiger partial charge in [-0.1, -0.05) is 103 Å². The quantitative estimate of drug-likeness (QED) is 0.213. The molecule has 3 heterocycles. The van der Waals surface area contributed by atoms with Crippen molar-refractivity contribution in [1.29, 1.82) is 0 Å². The van der Waals surface area contributed by atoms with Crippen molar-refractivity contribution in [2.24, 2.45) is 0 Å². The van der Waals surface area contributed by atoms with E-state index in [1.807, 2.05) is 0 Å². The highest BCUT2D eigenvalue weighted by Crippen LogP contribution is 2.43. The molecule has 6 aromatic carbocycles. The van der Waals surface area contributed by atoms with Gasteiger partial charge in [0.05, 0.1) is 27.6 Å². The van der Waals surface area contributed by atoms with E-state index in [9.17, 15) is 0 Å². The van der Waals surface area contributed by atoms with Gasteiger partial charge in [-0.2, -0.15) is 0 Å². The summed E-state index contributed by atoms with van der Waals surface area (Å²) in [5.74, 6) is 0. The minimum Gasteiger partial charge on any atom is -0.307 e. The maximum atomic E-state index is 5.15. The molecule has 0 N–H and O–H groups in total. The molecule has 0 radical (unpaired) electrons. The van der Waals surface area contributed by atoms with E-state index in [4.69, 9.17) is 4.98 Å². The smallest absolute Gasteiger partial charge is 0.147 e. The summed E-state index contributed by atoms with van der Waals surface area (Å²) in [6, 6.07) is 47.8. The summed E-state index contributed by atoms with van der Waals surface area (Å²) >= 11 is 0. The van der Waals surface area contributed by atoms with E-state index in [1.54, 1.807) is 0 Å². The monoisotopic (exact) mass is 509 g/mol. The van der Waals surface area contributed by atoms with Crippen LogP contribution in [0.2, 0.25) is 0 Å². The topological polar surface area (TPSA) is 22.8 Å². The van der Waals surface area contributed by atoms with Crippen LogP contribution in [0.15, 0.2) is 140 Å². The van der Waals surface area contributed by atoms with E-state index >= 15 is 0 Å². The van der Waals surface area contributed by atoms with Crippen molar-refractivity contribution in [2.45, 2.75) is 0 Å². The number of fused-ring (bicyclic) bond motifs is 9. The lowest BCUT2D eigenvalue weighted by Gasteiger charge is -2.16. The number of benzene rings is 6. The zero-order valence-electron chi connectivity index (χ0n) is 21.6. The van der Waals surface area contributed by atoms with Gasteiger partial charge in [0.15, 0.2) is 0 Å². The molecule has 0 fully saturated rings. The normalized spacial score (nSPS) is 12.0. The zero-order chi connectivity index (χ0) is 26.2. The molecule has 186 valence electrons. The first-order chi connectivity index (χ1) is 19.9. The fraction of sp³-hybridized carbons (Fsp3) is 0. The van der Waals surface area contributed by atoms with Crippen molar-refractivity contribution in [3.63, 3.8) is 0 Å². The lowest BCUT2D eigenvalue weighted by atomic mass is 10.0. The Morgan fingerprint density at radius 2 is 1.00 bits per heavy atom. The Morgan fingerprint density at radius 3 is 1.70 bits per heavy atom. The average Bonchev–Trinajstić information content (AvgIpc) is 3.53. The molecule has 40 heavy (non-hydrogen) atoms. The highest BCUT2D eigenvalue weighted by atomic mass is 15.1. The van der Waals surface area contributed by atoms with Crippen molar-refractivity contribution in [3.8, 4) is 11.4 Å². The maximum absolute atomic E-state index is 5.15. The van der Waals surface area contributed by atoms with E-state index in [-0.39, 0.29) is 0 Å². The first kappa shape index (κ1) is 21.5. The second-order valence-electron chi connectivity index (χ2n) is 10.4. The molecule has 0 saturated heterocycles. The van der Waals surface area contributed by atoms with Gasteiger partial charge in [0.25, 0.3) is 0 Å². The highest BCUT2D eigenvalue weighted by molar-refractivity contribution is 6.26. The fourth-order valence-electron chi connectivity index (χ4n) is 6.65. The number of hydrogen-bond donors (Lipinski definition) is 0. The van der Waals surface area contributed by atoms with Crippen molar-refractivity contribution in [3.05, 3.63) is 140 Å². The minimum atomic E-state index is 0.966. The number of aromatic nitrogens is 3. The molecular weight excluding hydrogens is 486 g/mol. The van der Waals surface area contributed by atoms with Gasteiger partial charge in [-0.15, -0.1) is 0 Å². The van der Waals surface area contributed by atoms with Crippen molar-refractivity contribution in [1.82, 2.24) is 14.1 Å². The maximum Gasteiger partial charge on any atom is 0.147 e. The summed E-state index contributed by atoms with van der Waals surface area (Å²) in [6.07, 6.45) is 2.07. The van der Waals surface area contributed by atoms with E-state index < -0.39 is 0 Å². The Bertz CT molecular complexity index is 2370. The van der Waals surface area contributed by atoms with Crippen LogP contribution in [0.1, 0.15) is 0 Å². The predicted molar refractivity (Wildman–Crippen MR) is 168 cm³/mol. The van der Waals surface area contributed by atoms with Gasteiger partial charge in [0, 0.05) is 38.8 Å². The van der Waals surface area contributed by atoms with Crippen LogP contribution >= 0.6 is 0 Å². The number of hydrogen-bond acceptors (Lipinski definition) is 1. The van der Waals surface area contributed by atoms with Crippen LogP contribution in [0.3, 0.4) is 0 Å². The van der Waals surface area contributed by atoms with Gasteiger partial charge in [-0.05, 0) is 41.1 Å². The average molecular weight is 510 g/mol. The third kappa shape index (κ3) is 2.81. The van der Waals surface area contributed by atoms with E-state index in [2.05, 4.69) is 149 Å². The Hall–Kier alpha value is -5.41. The van der Waals surface area contributed by atoms with E-state index in [0.29, 0.717) is 0 Å².